The van der Waals surface area contributed by atoms with Gasteiger partial charge in [0.25, 0.3) is 0 Å². The Morgan fingerprint density at radius 1 is 1.24 bits per heavy atom. The molecule has 112 valence electrons. The molecular formula is C16H19NO3S. The van der Waals surface area contributed by atoms with E-state index >= 15 is 0 Å². The number of fused-ring (bicyclic) bond motifs is 1. The fourth-order valence-electron chi connectivity index (χ4n) is 2.91. The van der Waals surface area contributed by atoms with Crippen molar-refractivity contribution in [3.05, 3.63) is 36.5 Å². The third-order valence-corrected chi connectivity index (χ3v) is 5.69. The maximum atomic E-state index is 11.7. The van der Waals surface area contributed by atoms with Crippen LogP contribution in [0.15, 0.2) is 36.5 Å². The second-order valence-electron chi connectivity index (χ2n) is 5.72. The molecule has 0 saturated heterocycles. The van der Waals surface area contributed by atoms with Crippen molar-refractivity contribution in [3.63, 3.8) is 0 Å². The average Bonchev–Trinajstić information content (AvgIpc) is 2.46. The Morgan fingerprint density at radius 3 is 2.86 bits per heavy atom. The lowest BCUT2D eigenvalue weighted by Gasteiger charge is -2.28. The maximum Gasteiger partial charge on any atom is 0.150 e. The highest BCUT2D eigenvalue weighted by molar-refractivity contribution is 7.91. The van der Waals surface area contributed by atoms with Crippen LogP contribution in [-0.2, 0) is 9.84 Å². The number of rotatable bonds is 3. The number of nitrogens with zero attached hydrogens (tertiary/aromatic N) is 1. The monoisotopic (exact) mass is 305 g/mol. The number of ether oxygens (including phenoxy) is 1. The number of pyridine rings is 1. The van der Waals surface area contributed by atoms with Gasteiger partial charge in [0.1, 0.15) is 21.7 Å². The normalized spacial score (nSPS) is 23.1. The van der Waals surface area contributed by atoms with Crippen LogP contribution in [0.4, 0.5) is 0 Å². The fraction of sp³-hybridized carbons (Fsp3) is 0.438. The average molecular weight is 305 g/mol. The van der Waals surface area contributed by atoms with Crippen molar-refractivity contribution in [3.8, 4) is 5.75 Å². The van der Waals surface area contributed by atoms with Crippen LogP contribution < -0.4 is 4.74 Å². The first-order valence-corrected chi connectivity index (χ1v) is 9.18. The van der Waals surface area contributed by atoms with Gasteiger partial charge in [-0.1, -0.05) is 18.2 Å². The molecule has 3 rings (SSSR count). The Hall–Kier alpha value is -1.62. The van der Waals surface area contributed by atoms with E-state index in [1.807, 2.05) is 30.3 Å². The van der Waals surface area contributed by atoms with Crippen LogP contribution in [0.25, 0.3) is 10.9 Å². The molecule has 2 unspecified atom stereocenters. The Bertz CT molecular complexity index is 742. The summed E-state index contributed by atoms with van der Waals surface area (Å²) in [4.78, 5) is 4.37. The summed E-state index contributed by atoms with van der Waals surface area (Å²) >= 11 is 0. The van der Waals surface area contributed by atoms with Crippen molar-refractivity contribution < 1.29 is 13.2 Å². The first-order chi connectivity index (χ1) is 10.0. The highest BCUT2D eigenvalue weighted by Crippen LogP contribution is 2.28. The number of hydrogen-bond acceptors (Lipinski definition) is 4. The molecule has 2 aromatic rings. The molecule has 1 aliphatic carbocycles. The van der Waals surface area contributed by atoms with Crippen LogP contribution in [0.5, 0.6) is 5.75 Å². The number of hydrogen-bond donors (Lipinski definition) is 0. The third-order valence-electron chi connectivity index (χ3n) is 4.05. The summed E-state index contributed by atoms with van der Waals surface area (Å²) < 4.78 is 29.3. The zero-order valence-electron chi connectivity index (χ0n) is 12.0. The Balaban J connectivity index is 1.75. The van der Waals surface area contributed by atoms with Gasteiger partial charge in [0.05, 0.1) is 17.0 Å². The van der Waals surface area contributed by atoms with Gasteiger partial charge in [-0.25, -0.2) is 8.42 Å². The molecule has 1 heterocycles. The second kappa shape index (κ2) is 5.64. The Labute approximate surface area is 125 Å². The summed E-state index contributed by atoms with van der Waals surface area (Å²) in [5.41, 5.74) is 0.933. The predicted octanol–water partition coefficient (Wildman–Crippen LogP) is 2.97. The van der Waals surface area contributed by atoms with Crippen LogP contribution in [0.3, 0.4) is 0 Å². The molecule has 1 saturated carbocycles. The molecule has 1 aromatic heterocycles. The van der Waals surface area contributed by atoms with E-state index in [4.69, 9.17) is 4.74 Å². The van der Waals surface area contributed by atoms with Gasteiger partial charge in [-0.15, -0.1) is 0 Å². The van der Waals surface area contributed by atoms with Crippen molar-refractivity contribution in [2.75, 3.05) is 6.26 Å². The summed E-state index contributed by atoms with van der Waals surface area (Å²) in [5, 5.41) is 0.759. The lowest BCUT2D eigenvalue weighted by Crippen LogP contribution is -2.33. The first-order valence-electron chi connectivity index (χ1n) is 7.23. The highest BCUT2D eigenvalue weighted by Gasteiger charge is 2.29. The lowest BCUT2D eigenvalue weighted by atomic mass is 9.97. The molecule has 0 aliphatic heterocycles. The van der Waals surface area contributed by atoms with Crippen molar-refractivity contribution >= 4 is 20.7 Å². The van der Waals surface area contributed by atoms with Gasteiger partial charge in [-0.05, 0) is 31.4 Å². The standard InChI is InChI=1S/C16H19NO3S/c1-21(18,19)15-7-4-6-13(10-15)20-14-9-12-5-2-3-8-16(12)17-11-14/h2-3,5,8-9,11,13,15H,4,6-7,10H2,1H3. The van der Waals surface area contributed by atoms with E-state index in [9.17, 15) is 8.42 Å². The Morgan fingerprint density at radius 2 is 2.05 bits per heavy atom. The molecule has 0 amide bonds. The van der Waals surface area contributed by atoms with Gasteiger partial charge in [0.15, 0.2) is 0 Å². The van der Waals surface area contributed by atoms with Gasteiger partial charge in [0, 0.05) is 18.1 Å². The molecule has 0 N–H and O–H groups in total. The van der Waals surface area contributed by atoms with Gasteiger partial charge in [0.2, 0.25) is 0 Å². The van der Waals surface area contributed by atoms with Crippen molar-refractivity contribution in [2.24, 2.45) is 0 Å². The molecule has 0 bridgehead atoms. The summed E-state index contributed by atoms with van der Waals surface area (Å²) in [7, 11) is -2.98. The summed E-state index contributed by atoms with van der Waals surface area (Å²) in [6.45, 7) is 0. The summed E-state index contributed by atoms with van der Waals surface area (Å²) in [6.07, 6.45) is 6.11. The fourth-order valence-corrected chi connectivity index (χ4v) is 4.06. The number of sulfone groups is 1. The second-order valence-corrected chi connectivity index (χ2v) is 8.05. The van der Waals surface area contributed by atoms with Crippen LogP contribution in [0.2, 0.25) is 0 Å². The predicted molar refractivity (Wildman–Crippen MR) is 83.3 cm³/mol. The Kier molecular flexibility index (Phi) is 3.85. The largest absolute Gasteiger partial charge is 0.489 e. The topological polar surface area (TPSA) is 56.3 Å². The summed E-state index contributed by atoms with van der Waals surface area (Å²) in [6, 6.07) is 9.84. The van der Waals surface area contributed by atoms with Gasteiger partial charge >= 0.3 is 0 Å². The van der Waals surface area contributed by atoms with Gasteiger partial charge in [-0.3, -0.25) is 4.98 Å². The third kappa shape index (κ3) is 3.35. The minimum absolute atomic E-state index is 0.0403. The van der Waals surface area contributed by atoms with Crippen LogP contribution in [0.1, 0.15) is 25.7 Å². The lowest BCUT2D eigenvalue weighted by molar-refractivity contribution is 0.156. The minimum Gasteiger partial charge on any atom is -0.489 e. The molecule has 21 heavy (non-hydrogen) atoms. The number of benzene rings is 1. The zero-order valence-corrected chi connectivity index (χ0v) is 12.8. The molecule has 1 aliphatic rings. The van der Waals surface area contributed by atoms with E-state index in [2.05, 4.69) is 4.98 Å². The molecule has 4 nitrogen and oxygen atoms in total. The van der Waals surface area contributed by atoms with Crippen molar-refractivity contribution in [2.45, 2.75) is 37.0 Å². The van der Waals surface area contributed by atoms with Crippen molar-refractivity contribution in [1.29, 1.82) is 0 Å². The van der Waals surface area contributed by atoms with Crippen LogP contribution >= 0.6 is 0 Å². The van der Waals surface area contributed by atoms with Gasteiger partial charge < -0.3 is 4.74 Å². The minimum atomic E-state index is -2.98. The van der Waals surface area contributed by atoms with E-state index in [-0.39, 0.29) is 11.4 Å². The molecular weight excluding hydrogens is 286 g/mol. The first kappa shape index (κ1) is 14.3. The SMILES string of the molecule is CS(=O)(=O)C1CCCC(Oc2cnc3ccccc3c2)C1. The summed E-state index contributed by atoms with van der Waals surface area (Å²) in [5.74, 6) is 0.716. The van der Waals surface area contributed by atoms with E-state index in [0.717, 1.165) is 30.2 Å². The van der Waals surface area contributed by atoms with E-state index < -0.39 is 9.84 Å². The molecule has 1 fully saturated rings. The quantitative estimate of drug-likeness (QED) is 0.875. The van der Waals surface area contributed by atoms with Crippen molar-refractivity contribution in [1.82, 2.24) is 4.98 Å². The van der Waals surface area contributed by atoms with Crippen LogP contribution in [-0.4, -0.2) is 31.0 Å². The number of para-hydroxylation sites is 1. The zero-order chi connectivity index (χ0) is 14.9. The van der Waals surface area contributed by atoms with E-state index in [0.29, 0.717) is 12.2 Å². The van der Waals surface area contributed by atoms with Crippen LogP contribution in [0, 0.1) is 0 Å². The maximum absolute atomic E-state index is 11.7. The smallest absolute Gasteiger partial charge is 0.150 e. The molecule has 2 atom stereocenters. The molecule has 5 heteroatoms. The van der Waals surface area contributed by atoms with Gasteiger partial charge in [-0.2, -0.15) is 0 Å². The van der Waals surface area contributed by atoms with E-state index in [1.165, 1.54) is 6.26 Å². The molecule has 1 aromatic carbocycles. The molecule has 0 spiro atoms. The highest BCUT2D eigenvalue weighted by atomic mass is 32.2. The van der Waals surface area contributed by atoms with E-state index in [1.54, 1.807) is 6.20 Å². The molecule has 0 radical (unpaired) electrons. The number of aromatic nitrogens is 1.